The van der Waals surface area contributed by atoms with Gasteiger partial charge in [-0.3, -0.25) is 0 Å². The van der Waals surface area contributed by atoms with Gasteiger partial charge in [0.15, 0.2) is 0 Å². The van der Waals surface area contributed by atoms with Crippen LogP contribution in [-0.4, -0.2) is 57.5 Å². The van der Waals surface area contributed by atoms with Crippen molar-refractivity contribution >= 4 is 46.4 Å². The van der Waals surface area contributed by atoms with Crippen molar-refractivity contribution in [3.05, 3.63) is 29.3 Å². The third-order valence-corrected chi connectivity index (χ3v) is 4.80. The van der Waals surface area contributed by atoms with Crippen LogP contribution in [0.5, 0.6) is 0 Å². The van der Waals surface area contributed by atoms with Gasteiger partial charge in [0.05, 0.1) is 23.8 Å². The average molecular weight is 369 g/mol. The van der Waals surface area contributed by atoms with Crippen LogP contribution in [0.3, 0.4) is 0 Å². The van der Waals surface area contributed by atoms with Crippen LogP contribution < -0.4 is 15.1 Å². The van der Waals surface area contributed by atoms with E-state index in [-0.39, 0.29) is 12.4 Å². The molecule has 4 rings (SSSR count). The van der Waals surface area contributed by atoms with E-state index in [4.69, 9.17) is 21.3 Å². The molecule has 0 amide bonds. The molecule has 0 spiro atoms. The third-order valence-electron chi connectivity index (χ3n) is 4.53. The van der Waals surface area contributed by atoms with Crippen molar-refractivity contribution in [1.82, 2.24) is 10.3 Å². The number of nitrogens with one attached hydrogen (secondary N) is 1. The number of rotatable bonds is 2. The van der Waals surface area contributed by atoms with Gasteiger partial charge in [0.25, 0.3) is 0 Å². The van der Waals surface area contributed by atoms with Gasteiger partial charge < -0.3 is 19.9 Å². The average Bonchev–Trinajstić information content (AvgIpc) is 2.62. The van der Waals surface area contributed by atoms with Gasteiger partial charge >= 0.3 is 0 Å². The van der Waals surface area contributed by atoms with E-state index in [1.54, 1.807) is 0 Å². The van der Waals surface area contributed by atoms with Gasteiger partial charge in [-0.05, 0) is 24.3 Å². The minimum atomic E-state index is 0. The predicted molar refractivity (Wildman–Crippen MR) is 102 cm³/mol. The minimum Gasteiger partial charge on any atom is -0.378 e. The molecule has 2 aliphatic rings. The number of piperazine rings is 1. The number of hydrogen-bond acceptors (Lipinski definition) is 5. The van der Waals surface area contributed by atoms with Gasteiger partial charge in [-0.1, -0.05) is 11.6 Å². The molecule has 0 atom stereocenters. The maximum atomic E-state index is 6.52. The van der Waals surface area contributed by atoms with Crippen LogP contribution in [0.25, 0.3) is 10.9 Å². The molecule has 0 unspecified atom stereocenters. The summed E-state index contributed by atoms with van der Waals surface area (Å²) in [6.07, 6.45) is 0. The first-order chi connectivity index (χ1) is 11.3. The van der Waals surface area contributed by atoms with E-state index in [2.05, 4.69) is 33.3 Å². The van der Waals surface area contributed by atoms with E-state index >= 15 is 0 Å². The van der Waals surface area contributed by atoms with Crippen molar-refractivity contribution in [1.29, 1.82) is 0 Å². The Hall–Kier alpha value is -1.27. The first kappa shape index (κ1) is 17.5. The molecule has 3 heterocycles. The van der Waals surface area contributed by atoms with Crippen LogP contribution >= 0.6 is 24.0 Å². The zero-order valence-electron chi connectivity index (χ0n) is 13.5. The molecule has 0 aliphatic carbocycles. The lowest BCUT2D eigenvalue weighted by Gasteiger charge is -2.30. The van der Waals surface area contributed by atoms with Gasteiger partial charge in [0, 0.05) is 50.3 Å². The van der Waals surface area contributed by atoms with Gasteiger partial charge in [0.2, 0.25) is 0 Å². The number of aromatic nitrogens is 1. The molecule has 2 aromatic rings. The molecular weight excluding hydrogens is 347 g/mol. The van der Waals surface area contributed by atoms with Crippen LogP contribution in [-0.2, 0) is 4.74 Å². The summed E-state index contributed by atoms with van der Waals surface area (Å²) in [6, 6.07) is 8.48. The standard InChI is InChI=1S/C17H21ClN4O.ClH/c18-15-12-13-11-14(21-7-9-23-10-8-21)1-2-16(13)20-17(15)22-5-3-19-4-6-22;/h1-2,11-12,19H,3-10H2;1H. The summed E-state index contributed by atoms with van der Waals surface area (Å²) < 4.78 is 5.42. The Bertz CT molecular complexity index is 700. The lowest BCUT2D eigenvalue weighted by atomic mass is 10.1. The Kier molecular flexibility index (Phi) is 5.66. The lowest BCUT2D eigenvalue weighted by molar-refractivity contribution is 0.122. The van der Waals surface area contributed by atoms with Crippen LogP contribution in [0.1, 0.15) is 0 Å². The Labute approximate surface area is 153 Å². The molecular formula is C17H22Cl2N4O. The van der Waals surface area contributed by atoms with Gasteiger partial charge in [0.1, 0.15) is 5.82 Å². The van der Waals surface area contributed by atoms with Crippen molar-refractivity contribution in [3.8, 4) is 0 Å². The molecule has 2 aliphatic heterocycles. The van der Waals surface area contributed by atoms with Crippen molar-refractivity contribution in [2.24, 2.45) is 0 Å². The molecule has 0 radical (unpaired) electrons. The molecule has 2 saturated heterocycles. The number of fused-ring (bicyclic) bond motifs is 1. The summed E-state index contributed by atoms with van der Waals surface area (Å²) in [7, 11) is 0. The Morgan fingerprint density at radius 2 is 1.75 bits per heavy atom. The summed E-state index contributed by atoms with van der Waals surface area (Å²) in [4.78, 5) is 9.41. The van der Waals surface area contributed by atoms with E-state index in [0.29, 0.717) is 0 Å². The van der Waals surface area contributed by atoms with E-state index in [1.807, 2.05) is 6.07 Å². The van der Waals surface area contributed by atoms with E-state index < -0.39 is 0 Å². The van der Waals surface area contributed by atoms with Gasteiger partial charge in [-0.15, -0.1) is 12.4 Å². The lowest BCUT2D eigenvalue weighted by Crippen LogP contribution is -2.44. The maximum Gasteiger partial charge on any atom is 0.148 e. The molecule has 130 valence electrons. The van der Waals surface area contributed by atoms with Gasteiger partial charge in [-0.25, -0.2) is 4.98 Å². The van der Waals surface area contributed by atoms with E-state index in [0.717, 1.165) is 74.2 Å². The minimum absolute atomic E-state index is 0. The molecule has 2 fully saturated rings. The Balaban J connectivity index is 0.00000169. The van der Waals surface area contributed by atoms with E-state index in [1.165, 1.54) is 5.69 Å². The topological polar surface area (TPSA) is 40.6 Å². The highest BCUT2D eigenvalue weighted by atomic mass is 35.5. The second kappa shape index (κ2) is 7.74. The van der Waals surface area contributed by atoms with Crippen molar-refractivity contribution in [2.75, 3.05) is 62.3 Å². The van der Waals surface area contributed by atoms with Crippen LogP contribution in [0, 0.1) is 0 Å². The molecule has 1 aromatic heterocycles. The zero-order valence-corrected chi connectivity index (χ0v) is 15.1. The number of hydrogen-bond donors (Lipinski definition) is 1. The van der Waals surface area contributed by atoms with Crippen LogP contribution in [0.4, 0.5) is 11.5 Å². The fourth-order valence-corrected chi connectivity index (χ4v) is 3.52. The molecule has 24 heavy (non-hydrogen) atoms. The van der Waals surface area contributed by atoms with Crippen LogP contribution in [0.2, 0.25) is 5.02 Å². The Morgan fingerprint density at radius 3 is 2.50 bits per heavy atom. The number of benzene rings is 1. The monoisotopic (exact) mass is 368 g/mol. The highest BCUT2D eigenvalue weighted by Crippen LogP contribution is 2.30. The number of ether oxygens (including phenoxy) is 1. The third kappa shape index (κ3) is 3.54. The van der Waals surface area contributed by atoms with Crippen molar-refractivity contribution in [3.63, 3.8) is 0 Å². The van der Waals surface area contributed by atoms with Crippen LogP contribution in [0.15, 0.2) is 24.3 Å². The maximum absolute atomic E-state index is 6.52. The van der Waals surface area contributed by atoms with E-state index in [9.17, 15) is 0 Å². The summed E-state index contributed by atoms with van der Waals surface area (Å²) in [5.74, 6) is 0.903. The van der Waals surface area contributed by atoms with Gasteiger partial charge in [-0.2, -0.15) is 0 Å². The fourth-order valence-electron chi connectivity index (χ4n) is 3.24. The molecule has 1 N–H and O–H groups in total. The second-order valence-electron chi connectivity index (χ2n) is 6.01. The molecule has 0 saturated carbocycles. The number of pyridine rings is 1. The highest BCUT2D eigenvalue weighted by molar-refractivity contribution is 6.33. The highest BCUT2D eigenvalue weighted by Gasteiger charge is 2.17. The number of halogens is 2. The number of nitrogens with zero attached hydrogens (tertiary/aromatic N) is 3. The first-order valence-electron chi connectivity index (χ1n) is 8.20. The van der Waals surface area contributed by atoms with Crippen molar-refractivity contribution < 1.29 is 4.74 Å². The normalized spacial score (nSPS) is 18.5. The predicted octanol–water partition coefficient (Wildman–Crippen LogP) is 2.56. The number of anilines is 2. The SMILES string of the molecule is Cl.Clc1cc2cc(N3CCOCC3)ccc2nc1N1CCNCC1. The first-order valence-corrected chi connectivity index (χ1v) is 8.58. The quantitative estimate of drug-likeness (QED) is 0.881. The summed E-state index contributed by atoms with van der Waals surface area (Å²) in [5.41, 5.74) is 2.22. The second-order valence-corrected chi connectivity index (χ2v) is 6.41. The smallest absolute Gasteiger partial charge is 0.148 e. The molecule has 0 bridgehead atoms. The summed E-state index contributed by atoms with van der Waals surface area (Å²) >= 11 is 6.52. The Morgan fingerprint density at radius 1 is 1.00 bits per heavy atom. The molecule has 5 nitrogen and oxygen atoms in total. The molecule has 7 heteroatoms. The molecule has 1 aromatic carbocycles. The van der Waals surface area contributed by atoms with Crippen molar-refractivity contribution in [2.45, 2.75) is 0 Å². The largest absolute Gasteiger partial charge is 0.378 e. The number of morpholine rings is 1. The zero-order chi connectivity index (χ0) is 15.6. The fraction of sp³-hybridized carbons (Fsp3) is 0.471. The summed E-state index contributed by atoms with van der Waals surface area (Å²) in [5, 5.41) is 5.19. The summed E-state index contributed by atoms with van der Waals surface area (Å²) in [6.45, 7) is 7.31.